The van der Waals surface area contributed by atoms with Crippen LogP contribution in [-0.2, 0) is 34.3 Å². The summed E-state index contributed by atoms with van der Waals surface area (Å²) < 4.78 is 36.9. The Kier molecular flexibility index (Phi) is 8.13. The normalized spacial score (nSPS) is 17.5. The van der Waals surface area contributed by atoms with Crippen LogP contribution in [0.1, 0.15) is 65.1 Å². The minimum atomic E-state index is -3.73. The van der Waals surface area contributed by atoms with E-state index in [-0.39, 0.29) is 18.9 Å². The highest BCUT2D eigenvalue weighted by molar-refractivity contribution is 7.89. The fraction of sp³-hybridized carbons (Fsp3) is 0.406. The maximum atomic E-state index is 13.9. The van der Waals surface area contributed by atoms with E-state index in [1.54, 1.807) is 22.2 Å². The number of aliphatic carboxylic acids is 1. The maximum absolute atomic E-state index is 13.9. The summed E-state index contributed by atoms with van der Waals surface area (Å²) in [6.07, 6.45) is 0.545. The predicted octanol–water partition coefficient (Wildman–Crippen LogP) is 5.37. The predicted molar refractivity (Wildman–Crippen MR) is 161 cm³/mol. The fourth-order valence-electron chi connectivity index (χ4n) is 6.10. The van der Waals surface area contributed by atoms with Gasteiger partial charge in [0.05, 0.1) is 18.4 Å². The summed E-state index contributed by atoms with van der Waals surface area (Å²) in [5.41, 5.74) is 7.42. The van der Waals surface area contributed by atoms with Crippen molar-refractivity contribution < 1.29 is 23.1 Å². The van der Waals surface area contributed by atoms with Crippen molar-refractivity contribution in [1.82, 2.24) is 19.3 Å². The number of sulfonamides is 1. The van der Waals surface area contributed by atoms with E-state index < -0.39 is 21.9 Å². The van der Waals surface area contributed by atoms with Gasteiger partial charge in [-0.05, 0) is 91.1 Å². The lowest BCUT2D eigenvalue weighted by Crippen LogP contribution is -2.33. The zero-order chi connectivity index (χ0) is 30.3. The van der Waals surface area contributed by atoms with Crippen LogP contribution in [-0.4, -0.2) is 52.4 Å². The molecule has 0 saturated carbocycles. The van der Waals surface area contributed by atoms with Gasteiger partial charge in [0.25, 0.3) is 0 Å². The highest BCUT2D eigenvalue weighted by Gasteiger charge is 2.33. The lowest BCUT2D eigenvalue weighted by Gasteiger charge is -2.25. The number of hydrogen-bond donors (Lipinski definition) is 1. The van der Waals surface area contributed by atoms with Crippen molar-refractivity contribution in [3.05, 3.63) is 81.4 Å². The minimum Gasteiger partial charge on any atom is -0.494 e. The Balaban J connectivity index is 1.59. The molecular weight excluding hydrogens is 552 g/mol. The molecular formula is C32H38N4O5S. The van der Waals surface area contributed by atoms with E-state index in [4.69, 9.17) is 4.74 Å². The second-order valence-electron chi connectivity index (χ2n) is 11.4. The smallest absolute Gasteiger partial charge is 0.304 e. The first-order valence-corrected chi connectivity index (χ1v) is 15.7. The summed E-state index contributed by atoms with van der Waals surface area (Å²) in [6, 6.07) is 13.4. The Bertz CT molecular complexity index is 1780. The third-order valence-corrected chi connectivity index (χ3v) is 10.3. The first-order chi connectivity index (χ1) is 19.9. The molecule has 0 amide bonds. The molecule has 0 aliphatic carbocycles. The van der Waals surface area contributed by atoms with Gasteiger partial charge in [0.2, 0.25) is 10.0 Å². The molecule has 0 radical (unpaired) electrons. The lowest BCUT2D eigenvalue weighted by atomic mass is 9.84. The van der Waals surface area contributed by atoms with E-state index in [0.717, 1.165) is 44.5 Å². The molecule has 0 fully saturated rings. The molecule has 3 aromatic carbocycles. The molecule has 1 aromatic heterocycles. The number of aromatic nitrogens is 3. The molecule has 222 valence electrons. The van der Waals surface area contributed by atoms with Crippen molar-refractivity contribution in [2.75, 3.05) is 13.7 Å². The highest BCUT2D eigenvalue weighted by atomic mass is 32.2. The molecule has 9 nitrogen and oxygen atoms in total. The second-order valence-corrected chi connectivity index (χ2v) is 13.4. The molecule has 0 unspecified atom stereocenters. The van der Waals surface area contributed by atoms with Gasteiger partial charge >= 0.3 is 5.97 Å². The van der Waals surface area contributed by atoms with Crippen LogP contribution in [0.25, 0.3) is 11.0 Å². The van der Waals surface area contributed by atoms with Crippen molar-refractivity contribution in [3.63, 3.8) is 0 Å². The topological polar surface area (TPSA) is 115 Å². The molecule has 10 heteroatoms. The standard InChI is InChI=1S/C32H38N4O5S/c1-7-36-32-28(41-6)15-26(22(5)31(32)33-34-36)27(16-30(37)38)23-11-9-21(4)25(14-23)18-35-17-20(3)12-24-10-8-19(2)13-29(24)42(35,39)40/h8-11,13-15,20,27H,7,12,16-18H2,1-6H3,(H,37,38)/t20-,27-/m0/s1. The van der Waals surface area contributed by atoms with E-state index in [0.29, 0.717) is 35.7 Å². The molecule has 4 aromatic rings. The molecule has 0 spiro atoms. The Labute approximate surface area is 247 Å². The summed E-state index contributed by atoms with van der Waals surface area (Å²) in [4.78, 5) is 12.5. The number of methoxy groups -OCH3 is 1. The van der Waals surface area contributed by atoms with Gasteiger partial charge in [-0.15, -0.1) is 5.10 Å². The summed E-state index contributed by atoms with van der Waals surface area (Å²) in [7, 11) is -2.15. The van der Waals surface area contributed by atoms with Crippen molar-refractivity contribution in [1.29, 1.82) is 0 Å². The van der Waals surface area contributed by atoms with Crippen molar-refractivity contribution in [2.24, 2.45) is 5.92 Å². The monoisotopic (exact) mass is 590 g/mol. The summed E-state index contributed by atoms with van der Waals surface area (Å²) in [5.74, 6) is -0.715. The van der Waals surface area contributed by atoms with Crippen LogP contribution in [0.2, 0.25) is 0 Å². The van der Waals surface area contributed by atoms with Crippen molar-refractivity contribution in [2.45, 2.75) is 71.4 Å². The zero-order valence-electron chi connectivity index (χ0n) is 25.0. The van der Waals surface area contributed by atoms with Crippen LogP contribution in [0.4, 0.5) is 0 Å². The van der Waals surface area contributed by atoms with Crippen LogP contribution in [0, 0.1) is 26.7 Å². The Morgan fingerprint density at radius 1 is 1.14 bits per heavy atom. The van der Waals surface area contributed by atoms with Gasteiger partial charge in [-0.3, -0.25) is 4.79 Å². The van der Waals surface area contributed by atoms with Crippen molar-refractivity contribution in [3.8, 4) is 5.75 Å². The third kappa shape index (κ3) is 5.41. The second kappa shape index (κ2) is 11.5. The molecule has 2 atom stereocenters. The van der Waals surface area contributed by atoms with E-state index in [9.17, 15) is 18.3 Å². The molecule has 2 heterocycles. The van der Waals surface area contributed by atoms with Gasteiger partial charge < -0.3 is 9.84 Å². The number of ether oxygens (including phenoxy) is 1. The van der Waals surface area contributed by atoms with Gasteiger partial charge in [0, 0.05) is 25.6 Å². The number of carbonyl (C=O) groups is 1. The number of benzene rings is 3. The molecule has 5 rings (SSSR count). The highest BCUT2D eigenvalue weighted by Crippen LogP contribution is 2.39. The average molecular weight is 591 g/mol. The van der Waals surface area contributed by atoms with Crippen LogP contribution in [0.15, 0.2) is 47.4 Å². The number of rotatable bonds is 8. The molecule has 0 saturated heterocycles. The molecule has 1 aliphatic heterocycles. The largest absolute Gasteiger partial charge is 0.494 e. The Morgan fingerprint density at radius 2 is 1.90 bits per heavy atom. The van der Waals surface area contributed by atoms with Crippen LogP contribution in [0.3, 0.4) is 0 Å². The van der Waals surface area contributed by atoms with Gasteiger partial charge in [-0.2, -0.15) is 4.31 Å². The van der Waals surface area contributed by atoms with E-state index in [2.05, 4.69) is 17.2 Å². The van der Waals surface area contributed by atoms with Crippen molar-refractivity contribution >= 4 is 27.0 Å². The van der Waals surface area contributed by atoms with E-state index in [1.807, 2.05) is 64.1 Å². The molecule has 42 heavy (non-hydrogen) atoms. The van der Waals surface area contributed by atoms with Gasteiger partial charge in [-0.1, -0.05) is 42.5 Å². The maximum Gasteiger partial charge on any atom is 0.304 e. The van der Waals surface area contributed by atoms with Gasteiger partial charge in [-0.25, -0.2) is 13.1 Å². The number of hydrogen-bond acceptors (Lipinski definition) is 6. The van der Waals surface area contributed by atoms with E-state index >= 15 is 0 Å². The SMILES string of the molecule is CCn1nnc2c(C)c([C@@H](CC(=O)O)c3ccc(C)c(CN4C[C@@H](C)Cc5ccc(C)cc5S4(=O)=O)c3)cc(OC)c21. The quantitative estimate of drug-likeness (QED) is 0.293. The van der Waals surface area contributed by atoms with Crippen LogP contribution < -0.4 is 4.74 Å². The Hall–Kier alpha value is -3.76. The fourth-order valence-corrected chi connectivity index (χ4v) is 7.95. The van der Waals surface area contributed by atoms with Gasteiger partial charge in [0.1, 0.15) is 16.8 Å². The average Bonchev–Trinajstić information content (AvgIpc) is 3.35. The molecule has 1 N–H and O–H groups in total. The number of fused-ring (bicyclic) bond motifs is 2. The van der Waals surface area contributed by atoms with Crippen LogP contribution >= 0.6 is 0 Å². The van der Waals surface area contributed by atoms with E-state index in [1.165, 1.54) is 0 Å². The Morgan fingerprint density at radius 3 is 2.60 bits per heavy atom. The number of nitrogens with zero attached hydrogens (tertiary/aromatic N) is 4. The lowest BCUT2D eigenvalue weighted by molar-refractivity contribution is -0.137. The minimum absolute atomic E-state index is 0.144. The summed E-state index contributed by atoms with van der Waals surface area (Å²) in [5, 5.41) is 18.6. The number of carboxylic acids is 1. The third-order valence-electron chi connectivity index (χ3n) is 8.36. The number of carboxylic acid groups (broad SMARTS) is 1. The van der Waals surface area contributed by atoms with Crippen LogP contribution in [0.5, 0.6) is 5.75 Å². The number of aryl methyl sites for hydroxylation is 4. The molecule has 1 aliphatic rings. The zero-order valence-corrected chi connectivity index (χ0v) is 25.8. The summed E-state index contributed by atoms with van der Waals surface area (Å²) in [6.45, 7) is 11.1. The molecule has 0 bridgehead atoms. The first-order valence-electron chi connectivity index (χ1n) is 14.3. The van der Waals surface area contributed by atoms with Gasteiger partial charge in [0.15, 0.2) is 0 Å². The summed E-state index contributed by atoms with van der Waals surface area (Å²) >= 11 is 0. The first kappa shape index (κ1) is 29.7.